The first-order chi connectivity index (χ1) is 14.7. The number of ether oxygens (including phenoxy) is 3. The molecule has 1 amide bonds. The molecule has 0 saturated carbocycles. The lowest BCUT2D eigenvalue weighted by atomic mass is 9.79. The van der Waals surface area contributed by atoms with Crippen molar-refractivity contribution in [1.82, 2.24) is 30.4 Å². The fourth-order valence-corrected chi connectivity index (χ4v) is 3.89. The summed E-state index contributed by atoms with van der Waals surface area (Å²) in [5, 5.41) is 14.1. The molecule has 2 aliphatic rings. The van der Waals surface area contributed by atoms with Crippen molar-refractivity contribution in [2.75, 3.05) is 59.2 Å². The Morgan fingerprint density at radius 2 is 1.83 bits per heavy atom. The molecule has 162 valence electrons. The minimum atomic E-state index is -0.118. The molecule has 1 aromatic carbocycles. The van der Waals surface area contributed by atoms with Crippen LogP contribution in [0.5, 0.6) is 5.75 Å². The van der Waals surface area contributed by atoms with Crippen LogP contribution in [0.4, 0.5) is 0 Å². The molecule has 10 nitrogen and oxygen atoms in total. The van der Waals surface area contributed by atoms with Crippen molar-refractivity contribution in [3.05, 3.63) is 30.6 Å². The molecule has 0 spiro atoms. The lowest BCUT2D eigenvalue weighted by molar-refractivity contribution is -0.124. The molecule has 30 heavy (non-hydrogen) atoms. The summed E-state index contributed by atoms with van der Waals surface area (Å²) in [6.07, 6.45) is 3.42. The highest BCUT2D eigenvalue weighted by Gasteiger charge is 2.35. The van der Waals surface area contributed by atoms with Crippen LogP contribution in [0.2, 0.25) is 0 Å². The first-order valence-electron chi connectivity index (χ1n) is 10.3. The van der Waals surface area contributed by atoms with E-state index in [1.54, 1.807) is 16.8 Å². The van der Waals surface area contributed by atoms with E-state index in [2.05, 4.69) is 25.7 Å². The second kappa shape index (κ2) is 9.96. The fraction of sp³-hybridized carbons (Fsp3) is 0.600. The van der Waals surface area contributed by atoms with Gasteiger partial charge in [0, 0.05) is 44.8 Å². The molecule has 3 heterocycles. The van der Waals surface area contributed by atoms with Crippen LogP contribution in [0, 0.1) is 5.41 Å². The predicted molar refractivity (Wildman–Crippen MR) is 107 cm³/mol. The summed E-state index contributed by atoms with van der Waals surface area (Å²) in [6.45, 7) is 6.50. The number of carbonyl (C=O) groups is 1. The van der Waals surface area contributed by atoms with E-state index in [1.807, 2.05) is 12.1 Å². The number of benzene rings is 1. The number of amides is 1. The van der Waals surface area contributed by atoms with Gasteiger partial charge >= 0.3 is 0 Å². The van der Waals surface area contributed by atoms with Crippen molar-refractivity contribution < 1.29 is 19.0 Å². The molecule has 1 aromatic heterocycles. The van der Waals surface area contributed by atoms with E-state index >= 15 is 0 Å². The number of morpholine rings is 1. The summed E-state index contributed by atoms with van der Waals surface area (Å²) in [6, 6.07) is 7.26. The Morgan fingerprint density at radius 1 is 1.10 bits per heavy atom. The number of carbonyl (C=O) groups excluding carboxylic acids is 1. The minimum absolute atomic E-state index is 0.0195. The Morgan fingerprint density at radius 3 is 2.53 bits per heavy atom. The smallest absolute Gasteiger partial charge is 0.257 e. The summed E-state index contributed by atoms with van der Waals surface area (Å²) in [5.41, 5.74) is 0.861. The van der Waals surface area contributed by atoms with E-state index in [0.29, 0.717) is 12.3 Å². The maximum atomic E-state index is 12.4. The lowest BCUT2D eigenvalue weighted by Gasteiger charge is -2.42. The van der Waals surface area contributed by atoms with Crippen molar-refractivity contribution in [3.8, 4) is 11.4 Å². The van der Waals surface area contributed by atoms with E-state index in [0.717, 1.165) is 64.6 Å². The summed E-state index contributed by atoms with van der Waals surface area (Å²) in [4.78, 5) is 14.8. The lowest BCUT2D eigenvalue weighted by Crippen LogP contribution is -2.51. The Labute approximate surface area is 175 Å². The van der Waals surface area contributed by atoms with Crippen LogP contribution in [-0.4, -0.2) is 90.2 Å². The zero-order valence-corrected chi connectivity index (χ0v) is 17.0. The van der Waals surface area contributed by atoms with Crippen molar-refractivity contribution >= 4 is 5.91 Å². The van der Waals surface area contributed by atoms with Gasteiger partial charge in [-0.2, -0.15) is 0 Å². The van der Waals surface area contributed by atoms with Crippen molar-refractivity contribution in [2.24, 2.45) is 5.41 Å². The minimum Gasteiger partial charge on any atom is -0.484 e. The molecule has 1 N–H and O–H groups in total. The number of tetrazole rings is 1. The third kappa shape index (κ3) is 5.53. The summed E-state index contributed by atoms with van der Waals surface area (Å²) >= 11 is 0. The Balaban J connectivity index is 1.26. The molecule has 0 bridgehead atoms. The van der Waals surface area contributed by atoms with E-state index in [4.69, 9.17) is 14.2 Å². The van der Waals surface area contributed by atoms with E-state index in [9.17, 15) is 4.79 Å². The first kappa shape index (κ1) is 20.7. The van der Waals surface area contributed by atoms with Crippen LogP contribution >= 0.6 is 0 Å². The average molecular weight is 416 g/mol. The molecular formula is C20H28N6O4. The summed E-state index contributed by atoms with van der Waals surface area (Å²) in [5.74, 6) is 0.503. The number of rotatable bonds is 8. The first-order valence-corrected chi connectivity index (χ1v) is 10.3. The van der Waals surface area contributed by atoms with Crippen LogP contribution < -0.4 is 10.1 Å². The molecule has 2 saturated heterocycles. The Hall–Kier alpha value is -2.56. The molecule has 10 heteroatoms. The quantitative estimate of drug-likeness (QED) is 0.655. The fourth-order valence-electron chi connectivity index (χ4n) is 3.89. The number of aromatic nitrogens is 4. The molecule has 2 fully saturated rings. The monoisotopic (exact) mass is 416 g/mol. The summed E-state index contributed by atoms with van der Waals surface area (Å²) in [7, 11) is 0. The number of nitrogens with one attached hydrogen (secondary N) is 1. The van der Waals surface area contributed by atoms with E-state index < -0.39 is 0 Å². The van der Waals surface area contributed by atoms with Gasteiger partial charge in [0.05, 0.1) is 18.9 Å². The van der Waals surface area contributed by atoms with Gasteiger partial charge in [-0.3, -0.25) is 9.69 Å². The van der Waals surface area contributed by atoms with Gasteiger partial charge in [0.2, 0.25) is 0 Å². The molecule has 2 aromatic rings. The highest BCUT2D eigenvalue weighted by atomic mass is 16.5. The number of hydrogen-bond acceptors (Lipinski definition) is 8. The normalized spacial score (nSPS) is 19.3. The van der Waals surface area contributed by atoms with Gasteiger partial charge in [0.25, 0.3) is 5.91 Å². The average Bonchev–Trinajstić information content (AvgIpc) is 3.33. The van der Waals surface area contributed by atoms with Crippen molar-refractivity contribution in [2.45, 2.75) is 12.8 Å². The molecule has 2 aliphatic heterocycles. The molecule has 4 rings (SSSR count). The van der Waals surface area contributed by atoms with Gasteiger partial charge in [0.1, 0.15) is 12.1 Å². The molecule has 0 unspecified atom stereocenters. The van der Waals surface area contributed by atoms with Gasteiger partial charge in [-0.15, -0.1) is 5.10 Å². The van der Waals surface area contributed by atoms with Crippen LogP contribution in [0.3, 0.4) is 0 Å². The zero-order chi connectivity index (χ0) is 20.7. The van der Waals surface area contributed by atoms with Gasteiger partial charge in [-0.1, -0.05) is 0 Å². The molecular weight excluding hydrogens is 388 g/mol. The maximum Gasteiger partial charge on any atom is 0.257 e. The van der Waals surface area contributed by atoms with Crippen LogP contribution in [0.1, 0.15) is 12.8 Å². The second-order valence-corrected chi connectivity index (χ2v) is 7.81. The highest BCUT2D eigenvalue weighted by molar-refractivity contribution is 5.77. The second-order valence-electron chi connectivity index (χ2n) is 7.81. The topological polar surface area (TPSA) is 104 Å². The molecule has 0 aliphatic carbocycles. The van der Waals surface area contributed by atoms with Crippen LogP contribution in [0.15, 0.2) is 30.6 Å². The van der Waals surface area contributed by atoms with E-state index in [1.165, 1.54) is 6.33 Å². The third-order valence-corrected chi connectivity index (χ3v) is 5.70. The van der Waals surface area contributed by atoms with Gasteiger partial charge in [0.15, 0.2) is 6.61 Å². The third-order valence-electron chi connectivity index (χ3n) is 5.70. The maximum absolute atomic E-state index is 12.4. The Kier molecular flexibility index (Phi) is 6.88. The van der Waals surface area contributed by atoms with Gasteiger partial charge < -0.3 is 19.5 Å². The van der Waals surface area contributed by atoms with Crippen molar-refractivity contribution in [1.29, 1.82) is 0 Å². The molecule has 0 radical (unpaired) electrons. The van der Waals surface area contributed by atoms with Crippen LogP contribution in [-0.2, 0) is 14.3 Å². The number of hydrogen-bond donors (Lipinski definition) is 1. The standard InChI is InChI=1S/C20H28N6O4/c27-19(13-30-18-3-1-17(2-4-18)26-16-22-23-24-26)21-14-20(5-9-28-10-6-20)15-25-7-11-29-12-8-25/h1-4,16H,5-15H2,(H,21,27). The van der Waals surface area contributed by atoms with Crippen LogP contribution in [0.25, 0.3) is 5.69 Å². The SMILES string of the molecule is O=C(COc1ccc(-n2cnnn2)cc1)NCC1(CN2CCOCC2)CCOCC1. The number of nitrogens with zero attached hydrogens (tertiary/aromatic N) is 5. The Bertz CT molecular complexity index is 786. The molecule has 0 atom stereocenters. The largest absolute Gasteiger partial charge is 0.484 e. The van der Waals surface area contributed by atoms with Gasteiger partial charge in [-0.05, 0) is 47.5 Å². The van der Waals surface area contributed by atoms with Crippen molar-refractivity contribution in [3.63, 3.8) is 0 Å². The van der Waals surface area contributed by atoms with Gasteiger partial charge in [-0.25, -0.2) is 4.68 Å². The zero-order valence-electron chi connectivity index (χ0n) is 17.0. The summed E-state index contributed by atoms with van der Waals surface area (Å²) < 4.78 is 18.2. The highest BCUT2D eigenvalue weighted by Crippen LogP contribution is 2.31. The predicted octanol–water partition coefficient (Wildman–Crippen LogP) is 0.286. The van der Waals surface area contributed by atoms with E-state index in [-0.39, 0.29) is 17.9 Å².